The predicted octanol–water partition coefficient (Wildman–Crippen LogP) is 4.42. The number of hydrogen-bond acceptors (Lipinski definition) is 7. The van der Waals surface area contributed by atoms with E-state index in [4.69, 9.17) is 4.42 Å². The molecule has 32 heavy (non-hydrogen) atoms. The lowest BCUT2D eigenvalue weighted by Crippen LogP contribution is -2.15. The summed E-state index contributed by atoms with van der Waals surface area (Å²) in [6.45, 7) is 1.89. The van der Waals surface area contributed by atoms with Crippen LogP contribution in [-0.4, -0.2) is 32.7 Å². The van der Waals surface area contributed by atoms with E-state index in [1.807, 2.05) is 19.1 Å². The normalized spacial score (nSPS) is 10.5. The number of thioether (sulfide) groups is 1. The first-order valence-corrected chi connectivity index (χ1v) is 10.7. The smallest absolute Gasteiger partial charge is 0.277 e. The van der Waals surface area contributed by atoms with Crippen molar-refractivity contribution in [1.29, 1.82) is 0 Å². The predicted molar refractivity (Wildman–Crippen MR) is 122 cm³/mol. The van der Waals surface area contributed by atoms with Crippen LogP contribution in [-0.2, 0) is 4.79 Å². The molecule has 4 rings (SSSR count). The van der Waals surface area contributed by atoms with Gasteiger partial charge in [-0.15, -0.1) is 10.2 Å². The third-order valence-corrected chi connectivity index (χ3v) is 5.28. The van der Waals surface area contributed by atoms with Gasteiger partial charge in [0.05, 0.1) is 5.75 Å². The number of anilines is 2. The number of nitrogens with one attached hydrogen (secondary N) is 2. The third kappa shape index (κ3) is 5.38. The molecule has 0 aliphatic carbocycles. The van der Waals surface area contributed by atoms with E-state index < -0.39 is 0 Å². The molecule has 0 saturated carbocycles. The number of pyridine rings is 1. The fourth-order valence-corrected chi connectivity index (χ4v) is 3.39. The maximum absolute atomic E-state index is 12.4. The van der Waals surface area contributed by atoms with Crippen LogP contribution in [0.2, 0.25) is 0 Å². The van der Waals surface area contributed by atoms with Crippen LogP contribution < -0.4 is 10.6 Å². The SMILES string of the molecule is Cc1ccc(NC(=O)CSc2nnc(-c3ccncc3)o2)cc1NC(=O)c1ccccc1. The van der Waals surface area contributed by atoms with Crippen molar-refractivity contribution in [3.8, 4) is 11.5 Å². The summed E-state index contributed by atoms with van der Waals surface area (Å²) in [4.78, 5) is 28.8. The Hall–Kier alpha value is -3.98. The maximum atomic E-state index is 12.4. The molecule has 0 spiro atoms. The van der Waals surface area contributed by atoms with Crippen LogP contribution in [0.5, 0.6) is 0 Å². The van der Waals surface area contributed by atoms with E-state index >= 15 is 0 Å². The Bertz CT molecular complexity index is 1230. The average Bonchev–Trinajstić information content (AvgIpc) is 3.30. The second-order valence-corrected chi connectivity index (χ2v) is 7.72. The van der Waals surface area contributed by atoms with E-state index in [-0.39, 0.29) is 17.6 Å². The summed E-state index contributed by atoms with van der Waals surface area (Å²) in [5, 5.41) is 13.9. The second-order valence-electron chi connectivity index (χ2n) is 6.80. The molecule has 0 bridgehead atoms. The van der Waals surface area contributed by atoms with E-state index in [0.717, 1.165) is 22.9 Å². The Morgan fingerprint density at radius 3 is 2.53 bits per heavy atom. The highest BCUT2D eigenvalue weighted by atomic mass is 32.2. The topological polar surface area (TPSA) is 110 Å². The number of amides is 2. The average molecular weight is 446 g/mol. The largest absolute Gasteiger partial charge is 0.411 e. The highest BCUT2D eigenvalue weighted by Crippen LogP contribution is 2.24. The summed E-state index contributed by atoms with van der Waals surface area (Å²) in [6, 6.07) is 17.8. The Kier molecular flexibility index (Phi) is 6.57. The molecule has 2 heterocycles. The van der Waals surface area contributed by atoms with Gasteiger partial charge in [-0.2, -0.15) is 0 Å². The number of aryl methyl sites for hydroxylation is 1. The fourth-order valence-electron chi connectivity index (χ4n) is 2.82. The highest BCUT2D eigenvalue weighted by molar-refractivity contribution is 7.99. The molecule has 2 aromatic heterocycles. The Labute approximate surface area is 188 Å². The first kappa shape index (κ1) is 21.3. The van der Waals surface area contributed by atoms with Crippen molar-refractivity contribution >= 4 is 35.0 Å². The third-order valence-electron chi connectivity index (χ3n) is 4.47. The number of carbonyl (C=O) groups excluding carboxylic acids is 2. The summed E-state index contributed by atoms with van der Waals surface area (Å²) < 4.78 is 5.58. The van der Waals surface area contributed by atoms with Crippen molar-refractivity contribution < 1.29 is 14.0 Å². The minimum absolute atomic E-state index is 0.0948. The number of carbonyl (C=O) groups is 2. The van der Waals surface area contributed by atoms with Crippen LogP contribution in [0.1, 0.15) is 15.9 Å². The molecular formula is C23H19N5O3S. The van der Waals surface area contributed by atoms with Crippen molar-refractivity contribution in [2.24, 2.45) is 0 Å². The van der Waals surface area contributed by atoms with Gasteiger partial charge in [-0.05, 0) is 48.9 Å². The molecule has 2 amide bonds. The molecule has 160 valence electrons. The van der Waals surface area contributed by atoms with Gasteiger partial charge in [0.2, 0.25) is 11.8 Å². The number of hydrogen-bond donors (Lipinski definition) is 2. The van der Waals surface area contributed by atoms with Crippen LogP contribution in [0.4, 0.5) is 11.4 Å². The van der Waals surface area contributed by atoms with Gasteiger partial charge in [0, 0.05) is 34.9 Å². The van der Waals surface area contributed by atoms with Crippen molar-refractivity contribution in [3.05, 3.63) is 84.2 Å². The molecule has 8 nitrogen and oxygen atoms in total. The number of rotatable bonds is 7. The van der Waals surface area contributed by atoms with Gasteiger partial charge in [-0.3, -0.25) is 14.6 Å². The first-order valence-electron chi connectivity index (χ1n) is 9.72. The number of aromatic nitrogens is 3. The molecular weight excluding hydrogens is 426 g/mol. The van der Waals surface area contributed by atoms with Crippen LogP contribution in [0.3, 0.4) is 0 Å². The maximum Gasteiger partial charge on any atom is 0.277 e. The summed E-state index contributed by atoms with van der Waals surface area (Å²) in [5.74, 6) is 0.0157. The molecule has 2 aromatic carbocycles. The lowest BCUT2D eigenvalue weighted by molar-refractivity contribution is -0.113. The van der Waals surface area contributed by atoms with Crippen LogP contribution in [0.25, 0.3) is 11.5 Å². The molecule has 2 N–H and O–H groups in total. The molecule has 0 saturated heterocycles. The van der Waals surface area contributed by atoms with Gasteiger partial charge in [-0.1, -0.05) is 36.0 Å². The Balaban J connectivity index is 1.35. The quantitative estimate of drug-likeness (QED) is 0.405. The summed E-state index contributed by atoms with van der Waals surface area (Å²) in [7, 11) is 0. The monoisotopic (exact) mass is 445 g/mol. The highest BCUT2D eigenvalue weighted by Gasteiger charge is 2.13. The van der Waals surface area contributed by atoms with Crippen molar-refractivity contribution in [2.75, 3.05) is 16.4 Å². The molecule has 0 aliphatic rings. The zero-order valence-corrected chi connectivity index (χ0v) is 17.9. The fraction of sp³-hybridized carbons (Fsp3) is 0.0870. The van der Waals surface area contributed by atoms with Crippen LogP contribution in [0, 0.1) is 6.92 Å². The van der Waals surface area contributed by atoms with Crippen molar-refractivity contribution in [2.45, 2.75) is 12.1 Å². The van der Waals surface area contributed by atoms with Crippen LogP contribution in [0.15, 0.2) is 82.7 Å². The van der Waals surface area contributed by atoms with E-state index in [1.165, 1.54) is 0 Å². The number of nitrogens with zero attached hydrogens (tertiary/aromatic N) is 3. The minimum atomic E-state index is -0.233. The minimum Gasteiger partial charge on any atom is -0.411 e. The second kappa shape index (κ2) is 9.88. The molecule has 4 aromatic rings. The van der Waals surface area contributed by atoms with Gasteiger partial charge in [0.15, 0.2) is 0 Å². The summed E-state index contributed by atoms with van der Waals surface area (Å²) in [6.07, 6.45) is 3.27. The zero-order chi connectivity index (χ0) is 22.3. The summed E-state index contributed by atoms with van der Waals surface area (Å²) in [5.41, 5.74) is 3.41. The van der Waals surface area contributed by atoms with Gasteiger partial charge >= 0.3 is 0 Å². The molecule has 0 fully saturated rings. The van der Waals surface area contributed by atoms with Gasteiger partial charge in [0.25, 0.3) is 11.1 Å². The van der Waals surface area contributed by atoms with Gasteiger partial charge in [-0.25, -0.2) is 0 Å². The van der Waals surface area contributed by atoms with Crippen LogP contribution >= 0.6 is 11.8 Å². The van der Waals surface area contributed by atoms with E-state index in [0.29, 0.717) is 28.1 Å². The molecule has 0 unspecified atom stereocenters. The van der Waals surface area contributed by atoms with Crippen molar-refractivity contribution in [3.63, 3.8) is 0 Å². The van der Waals surface area contributed by atoms with E-state index in [9.17, 15) is 9.59 Å². The lowest BCUT2D eigenvalue weighted by atomic mass is 10.1. The van der Waals surface area contributed by atoms with E-state index in [2.05, 4.69) is 25.8 Å². The lowest BCUT2D eigenvalue weighted by Gasteiger charge is -2.11. The zero-order valence-electron chi connectivity index (χ0n) is 17.1. The molecule has 0 aliphatic heterocycles. The standard InChI is InChI=1S/C23H19N5O3S/c1-15-7-8-18(13-19(15)26-21(30)16-5-3-2-4-6-16)25-20(29)14-32-23-28-27-22(31-23)17-9-11-24-12-10-17/h2-13H,14H2,1H3,(H,25,29)(H,26,30). The Morgan fingerprint density at radius 1 is 0.969 bits per heavy atom. The summed E-state index contributed by atoms with van der Waals surface area (Å²) >= 11 is 1.14. The first-order chi connectivity index (χ1) is 15.6. The number of benzene rings is 2. The van der Waals surface area contributed by atoms with E-state index in [1.54, 1.807) is 60.9 Å². The Morgan fingerprint density at radius 2 is 1.75 bits per heavy atom. The van der Waals surface area contributed by atoms with Gasteiger partial charge < -0.3 is 15.1 Å². The molecule has 9 heteroatoms. The van der Waals surface area contributed by atoms with Crippen molar-refractivity contribution in [1.82, 2.24) is 15.2 Å². The molecule has 0 radical (unpaired) electrons. The molecule has 0 atom stereocenters. The van der Waals surface area contributed by atoms with Gasteiger partial charge in [0.1, 0.15) is 0 Å².